The Labute approximate surface area is 90.2 Å². The number of aromatic amines is 1. The lowest BCUT2D eigenvalue weighted by Gasteiger charge is -2.03. The van der Waals surface area contributed by atoms with Crippen molar-refractivity contribution in [1.82, 2.24) is 4.98 Å². The number of hydrogen-bond donors (Lipinski definition) is 1. The minimum absolute atomic E-state index is 0.319. The summed E-state index contributed by atoms with van der Waals surface area (Å²) < 4.78 is 23.6. The number of aromatic nitrogens is 1. The minimum atomic E-state index is -3.21. The highest BCUT2D eigenvalue weighted by molar-refractivity contribution is 9.10. The van der Waals surface area contributed by atoms with Gasteiger partial charge in [-0.3, -0.25) is 0 Å². The first-order valence-corrected chi connectivity index (χ1v) is 6.64. The third-order valence-electron chi connectivity index (χ3n) is 2.00. The predicted octanol–water partition coefficient (Wildman–Crippen LogP) is 2.33. The summed E-state index contributed by atoms with van der Waals surface area (Å²) >= 11 is 3.24. The van der Waals surface area contributed by atoms with Gasteiger partial charge in [-0.05, 0) is 28.1 Å². The van der Waals surface area contributed by atoms with E-state index in [2.05, 4.69) is 20.9 Å². The fraction of sp³-hybridized carbons (Fsp3) is 0.111. The normalized spacial score (nSPS) is 12.1. The predicted molar refractivity (Wildman–Crippen MR) is 59.1 cm³/mol. The molecule has 3 nitrogen and oxygen atoms in total. The monoisotopic (exact) mass is 273 g/mol. The van der Waals surface area contributed by atoms with Crippen molar-refractivity contribution in [2.75, 3.05) is 6.26 Å². The van der Waals surface area contributed by atoms with Crippen molar-refractivity contribution in [1.29, 1.82) is 0 Å². The van der Waals surface area contributed by atoms with Gasteiger partial charge in [-0.15, -0.1) is 0 Å². The van der Waals surface area contributed by atoms with Crippen molar-refractivity contribution in [2.24, 2.45) is 0 Å². The van der Waals surface area contributed by atoms with Gasteiger partial charge in [0, 0.05) is 22.3 Å². The molecule has 0 fully saturated rings. The molecule has 0 aliphatic heterocycles. The summed E-state index contributed by atoms with van der Waals surface area (Å²) in [5.74, 6) is 0. The Balaban J connectivity index is 2.98. The second-order valence-corrected chi connectivity index (χ2v) is 5.90. The Morgan fingerprint density at radius 2 is 2.00 bits per heavy atom. The molecular formula is C9H8BrNO2S. The summed E-state index contributed by atoms with van der Waals surface area (Å²) in [6.45, 7) is 0. The van der Waals surface area contributed by atoms with Gasteiger partial charge >= 0.3 is 0 Å². The quantitative estimate of drug-likeness (QED) is 0.867. The molecule has 1 N–H and O–H groups in total. The van der Waals surface area contributed by atoms with Crippen molar-refractivity contribution in [3.05, 3.63) is 28.9 Å². The molecule has 1 aromatic carbocycles. The molecule has 0 radical (unpaired) electrons. The van der Waals surface area contributed by atoms with Crippen LogP contribution in [0.15, 0.2) is 33.8 Å². The highest BCUT2D eigenvalue weighted by Gasteiger charge is 2.16. The van der Waals surface area contributed by atoms with Gasteiger partial charge in [-0.1, -0.05) is 6.07 Å². The van der Waals surface area contributed by atoms with Crippen molar-refractivity contribution in [3.63, 3.8) is 0 Å². The van der Waals surface area contributed by atoms with Gasteiger partial charge in [0.25, 0.3) is 0 Å². The highest BCUT2D eigenvalue weighted by Crippen LogP contribution is 2.29. The number of fused-ring (bicyclic) bond motifs is 1. The van der Waals surface area contributed by atoms with Crippen LogP contribution in [0.2, 0.25) is 0 Å². The van der Waals surface area contributed by atoms with Crippen LogP contribution in [-0.2, 0) is 9.84 Å². The molecule has 5 heteroatoms. The molecule has 0 saturated heterocycles. The SMILES string of the molecule is CS(=O)(=O)c1c(Br)ccc2cc[nH]c12. The average molecular weight is 274 g/mol. The zero-order chi connectivity index (χ0) is 10.3. The van der Waals surface area contributed by atoms with Gasteiger partial charge < -0.3 is 4.98 Å². The standard InChI is InChI=1S/C9H8BrNO2S/c1-14(12,13)9-7(10)3-2-6-4-5-11-8(6)9/h2-5,11H,1H3. The van der Waals surface area contributed by atoms with Crippen LogP contribution < -0.4 is 0 Å². The maximum absolute atomic E-state index is 11.5. The number of rotatable bonds is 1. The molecular weight excluding hydrogens is 266 g/mol. The van der Waals surface area contributed by atoms with E-state index in [1.807, 2.05) is 12.1 Å². The lowest BCUT2D eigenvalue weighted by molar-refractivity contribution is 0.602. The van der Waals surface area contributed by atoms with E-state index >= 15 is 0 Å². The van der Waals surface area contributed by atoms with Gasteiger partial charge in [0.05, 0.1) is 5.52 Å². The van der Waals surface area contributed by atoms with E-state index in [0.29, 0.717) is 14.9 Å². The Bertz CT molecular complexity index is 586. The van der Waals surface area contributed by atoms with Gasteiger partial charge in [0.1, 0.15) is 4.90 Å². The smallest absolute Gasteiger partial charge is 0.178 e. The third kappa shape index (κ3) is 1.46. The number of H-pyrrole nitrogens is 1. The highest BCUT2D eigenvalue weighted by atomic mass is 79.9. The summed E-state index contributed by atoms with van der Waals surface area (Å²) in [6.07, 6.45) is 2.93. The first-order chi connectivity index (χ1) is 6.50. The maximum Gasteiger partial charge on any atom is 0.178 e. The lowest BCUT2D eigenvalue weighted by atomic mass is 10.2. The second-order valence-electron chi connectivity index (χ2n) is 3.09. The zero-order valence-electron chi connectivity index (χ0n) is 7.41. The van der Waals surface area contributed by atoms with Crippen LogP contribution in [0.4, 0.5) is 0 Å². The topological polar surface area (TPSA) is 49.9 Å². The molecule has 2 aromatic rings. The zero-order valence-corrected chi connectivity index (χ0v) is 9.81. The van der Waals surface area contributed by atoms with Crippen LogP contribution in [0.3, 0.4) is 0 Å². The van der Waals surface area contributed by atoms with E-state index in [1.54, 1.807) is 12.3 Å². The molecule has 14 heavy (non-hydrogen) atoms. The second kappa shape index (κ2) is 3.10. The van der Waals surface area contributed by atoms with Crippen LogP contribution in [-0.4, -0.2) is 19.7 Å². The van der Waals surface area contributed by atoms with E-state index in [-0.39, 0.29) is 0 Å². The van der Waals surface area contributed by atoms with Gasteiger partial charge in [0.2, 0.25) is 0 Å². The van der Waals surface area contributed by atoms with Crippen LogP contribution >= 0.6 is 15.9 Å². The van der Waals surface area contributed by atoms with Crippen molar-refractivity contribution in [3.8, 4) is 0 Å². The molecule has 2 rings (SSSR count). The minimum Gasteiger partial charge on any atom is -0.360 e. The van der Waals surface area contributed by atoms with E-state index in [0.717, 1.165) is 5.39 Å². The Kier molecular flexibility index (Phi) is 2.16. The van der Waals surface area contributed by atoms with Crippen molar-refractivity contribution in [2.45, 2.75) is 4.90 Å². The molecule has 0 saturated carbocycles. The van der Waals surface area contributed by atoms with E-state index in [9.17, 15) is 8.42 Å². The molecule has 0 aliphatic carbocycles. The molecule has 0 aliphatic rings. The molecule has 0 amide bonds. The largest absolute Gasteiger partial charge is 0.360 e. The van der Waals surface area contributed by atoms with E-state index < -0.39 is 9.84 Å². The average Bonchev–Trinajstić information content (AvgIpc) is 2.48. The molecule has 1 heterocycles. The first kappa shape index (κ1) is 9.73. The number of halogens is 1. The maximum atomic E-state index is 11.5. The third-order valence-corrected chi connectivity index (χ3v) is 4.09. The summed E-state index contributed by atoms with van der Waals surface area (Å²) in [4.78, 5) is 3.25. The summed E-state index contributed by atoms with van der Waals surface area (Å²) in [5, 5.41) is 0.897. The Morgan fingerprint density at radius 1 is 1.29 bits per heavy atom. The number of benzene rings is 1. The summed E-state index contributed by atoms with van der Waals surface area (Å²) in [7, 11) is -3.21. The fourth-order valence-electron chi connectivity index (χ4n) is 1.44. The van der Waals surface area contributed by atoms with Crippen LogP contribution in [0.1, 0.15) is 0 Å². The number of nitrogens with one attached hydrogen (secondary N) is 1. The molecule has 0 spiro atoms. The van der Waals surface area contributed by atoms with Crippen molar-refractivity contribution < 1.29 is 8.42 Å². The van der Waals surface area contributed by atoms with Crippen LogP contribution in [0, 0.1) is 0 Å². The van der Waals surface area contributed by atoms with Gasteiger partial charge in [-0.2, -0.15) is 0 Å². The Morgan fingerprint density at radius 3 is 2.64 bits per heavy atom. The molecule has 74 valence electrons. The molecule has 0 unspecified atom stereocenters. The lowest BCUT2D eigenvalue weighted by Crippen LogP contribution is -1.99. The Hall–Kier alpha value is -0.810. The van der Waals surface area contributed by atoms with Gasteiger partial charge in [-0.25, -0.2) is 8.42 Å². The van der Waals surface area contributed by atoms with Crippen LogP contribution in [0.25, 0.3) is 10.9 Å². The first-order valence-electron chi connectivity index (χ1n) is 3.96. The summed E-state index contributed by atoms with van der Waals surface area (Å²) in [6, 6.07) is 5.45. The number of sulfone groups is 1. The van der Waals surface area contributed by atoms with E-state index in [1.165, 1.54) is 6.26 Å². The van der Waals surface area contributed by atoms with E-state index in [4.69, 9.17) is 0 Å². The van der Waals surface area contributed by atoms with Crippen LogP contribution in [0.5, 0.6) is 0 Å². The summed E-state index contributed by atoms with van der Waals surface area (Å²) in [5.41, 5.74) is 0.655. The molecule has 0 bridgehead atoms. The van der Waals surface area contributed by atoms with Crippen molar-refractivity contribution >= 4 is 36.7 Å². The number of hydrogen-bond acceptors (Lipinski definition) is 2. The molecule has 0 atom stereocenters. The van der Waals surface area contributed by atoms with Gasteiger partial charge in [0.15, 0.2) is 9.84 Å². The fourth-order valence-corrected chi connectivity index (χ4v) is 3.62. The molecule has 1 aromatic heterocycles.